The minimum atomic E-state index is -4.82. The van der Waals surface area contributed by atoms with Crippen LogP contribution in [0, 0.1) is 0 Å². The number of alkyl halides is 3. The number of phenolic OH excluding ortho intramolecular Hbond substituents is 1. The molecule has 242 valence electrons. The van der Waals surface area contributed by atoms with Crippen LogP contribution in [0.3, 0.4) is 0 Å². The molecule has 1 amide bonds. The van der Waals surface area contributed by atoms with Crippen LogP contribution in [0.25, 0.3) is 6.08 Å². The van der Waals surface area contributed by atoms with E-state index in [-0.39, 0.29) is 23.4 Å². The third-order valence-electron chi connectivity index (χ3n) is 11.0. The van der Waals surface area contributed by atoms with Crippen LogP contribution in [-0.2, 0) is 23.1 Å². The number of amides is 1. The summed E-state index contributed by atoms with van der Waals surface area (Å²) in [5.41, 5.74) is 0.453. The number of likely N-dealkylation sites (tertiary alicyclic amines) is 1. The van der Waals surface area contributed by atoms with E-state index in [2.05, 4.69) is 21.8 Å². The fraction of sp³-hybridized carbons (Fsp3) is 0.417. The topological polar surface area (TPSA) is 82.5 Å². The quantitative estimate of drug-likeness (QED) is 0.329. The molecular formula is C36H37F3N2O5. The molecule has 2 heterocycles. The van der Waals surface area contributed by atoms with Gasteiger partial charge in [0, 0.05) is 31.3 Å². The van der Waals surface area contributed by atoms with Crippen molar-refractivity contribution in [3.8, 4) is 17.2 Å². The molecule has 7 nitrogen and oxygen atoms in total. The lowest BCUT2D eigenvalue weighted by Crippen LogP contribution is -2.82. The van der Waals surface area contributed by atoms with E-state index in [1.165, 1.54) is 35.9 Å². The first-order valence-electron chi connectivity index (χ1n) is 15.7. The van der Waals surface area contributed by atoms with Gasteiger partial charge in [0.25, 0.3) is 0 Å². The number of carbonyl (C=O) groups is 1. The number of benzene rings is 3. The maximum absolute atomic E-state index is 13.6. The number of hydrogen-bond donors (Lipinski definition) is 2. The van der Waals surface area contributed by atoms with E-state index < -0.39 is 29.0 Å². The predicted octanol–water partition coefficient (Wildman–Crippen LogP) is 5.62. The minimum absolute atomic E-state index is 0.0182. The molecule has 1 saturated heterocycles. The van der Waals surface area contributed by atoms with Crippen LogP contribution >= 0.6 is 0 Å². The van der Waals surface area contributed by atoms with Gasteiger partial charge in [-0.15, -0.1) is 13.2 Å². The number of nitrogens with zero attached hydrogens (tertiary/aromatic N) is 2. The molecule has 2 N–H and O–H groups in total. The van der Waals surface area contributed by atoms with Gasteiger partial charge < -0.3 is 24.6 Å². The Hall–Kier alpha value is -4.02. The Morgan fingerprint density at radius 2 is 1.91 bits per heavy atom. The molecule has 1 saturated carbocycles. The number of rotatable bonds is 7. The third-order valence-corrected chi connectivity index (χ3v) is 11.0. The highest BCUT2D eigenvalue weighted by Gasteiger charge is 2.78. The van der Waals surface area contributed by atoms with Crippen molar-refractivity contribution in [2.75, 3.05) is 20.1 Å². The van der Waals surface area contributed by atoms with E-state index in [1.54, 1.807) is 24.1 Å². The molecule has 2 unspecified atom stereocenters. The summed E-state index contributed by atoms with van der Waals surface area (Å²) in [5, 5.41) is 23.9. The van der Waals surface area contributed by atoms with Gasteiger partial charge in [-0.1, -0.05) is 48.5 Å². The Kier molecular flexibility index (Phi) is 7.17. The van der Waals surface area contributed by atoms with Crippen molar-refractivity contribution in [1.29, 1.82) is 0 Å². The van der Waals surface area contributed by atoms with Gasteiger partial charge in [-0.2, -0.15) is 0 Å². The van der Waals surface area contributed by atoms with E-state index in [9.17, 15) is 28.2 Å². The van der Waals surface area contributed by atoms with E-state index in [0.717, 1.165) is 30.6 Å². The van der Waals surface area contributed by atoms with Gasteiger partial charge in [-0.3, -0.25) is 9.69 Å². The molecule has 10 heteroatoms. The average molecular weight is 635 g/mol. The molecular weight excluding hydrogens is 597 g/mol. The predicted molar refractivity (Wildman–Crippen MR) is 166 cm³/mol. The second-order valence-electron chi connectivity index (χ2n) is 13.2. The number of piperidine rings is 1. The summed E-state index contributed by atoms with van der Waals surface area (Å²) in [4.78, 5) is 17.6. The van der Waals surface area contributed by atoms with Gasteiger partial charge in [-0.25, -0.2) is 0 Å². The number of halogens is 3. The molecule has 3 aromatic rings. The highest BCUT2D eigenvalue weighted by Crippen LogP contribution is 2.69. The first-order chi connectivity index (χ1) is 21.9. The normalized spacial score (nSPS) is 29.7. The largest absolute Gasteiger partial charge is 0.573 e. The molecule has 2 bridgehead atoms. The summed E-state index contributed by atoms with van der Waals surface area (Å²) < 4.78 is 48.9. The molecule has 1 spiro atoms. The molecule has 2 aliphatic carbocycles. The van der Waals surface area contributed by atoms with Crippen molar-refractivity contribution in [1.82, 2.24) is 9.80 Å². The highest BCUT2D eigenvalue weighted by molar-refractivity contribution is 5.92. The molecule has 4 aliphatic rings. The highest BCUT2D eigenvalue weighted by atomic mass is 19.4. The molecule has 2 fully saturated rings. The number of likely N-dealkylation sites (N-methyl/N-ethyl adjacent to an activating group) is 1. The van der Waals surface area contributed by atoms with Crippen molar-refractivity contribution in [2.45, 2.75) is 74.1 Å². The third kappa shape index (κ3) is 4.59. The van der Waals surface area contributed by atoms with Crippen molar-refractivity contribution in [3.05, 3.63) is 95.1 Å². The molecule has 7 rings (SSSR count). The summed E-state index contributed by atoms with van der Waals surface area (Å²) in [6.45, 7) is 3.49. The van der Waals surface area contributed by atoms with Crippen LogP contribution in [-0.4, -0.2) is 75.7 Å². The number of aromatic hydroxyl groups is 1. The number of aliphatic hydroxyl groups is 1. The first kappa shape index (κ1) is 30.6. The van der Waals surface area contributed by atoms with Crippen molar-refractivity contribution in [3.63, 3.8) is 0 Å². The van der Waals surface area contributed by atoms with Crippen molar-refractivity contribution >= 4 is 12.0 Å². The lowest BCUT2D eigenvalue weighted by atomic mass is 9.44. The Labute approximate surface area is 265 Å². The van der Waals surface area contributed by atoms with Gasteiger partial charge in [-0.05, 0) is 86.5 Å². The van der Waals surface area contributed by atoms with Crippen LogP contribution in [0.1, 0.15) is 48.4 Å². The molecule has 0 radical (unpaired) electrons. The molecule has 2 aliphatic heterocycles. The number of hydrogen-bond acceptors (Lipinski definition) is 6. The lowest BCUT2D eigenvalue weighted by Gasteiger charge is -2.67. The Morgan fingerprint density at radius 3 is 2.67 bits per heavy atom. The lowest BCUT2D eigenvalue weighted by molar-refractivity contribution is -0.274. The number of ether oxygens (including phenoxy) is 2. The van der Waals surface area contributed by atoms with Crippen LogP contribution in [0.4, 0.5) is 13.2 Å². The van der Waals surface area contributed by atoms with Gasteiger partial charge in [0.05, 0.1) is 17.1 Å². The van der Waals surface area contributed by atoms with Gasteiger partial charge in [0.2, 0.25) is 5.91 Å². The fourth-order valence-electron chi connectivity index (χ4n) is 9.06. The zero-order chi connectivity index (χ0) is 32.5. The fourth-order valence-corrected chi connectivity index (χ4v) is 9.06. The molecule has 5 atom stereocenters. The standard InChI is InChI=1S/C36H37F3N2O5/c1-33-28(40(2)30(43)14-11-24-9-6-10-26(21-24)45-36(37,38)39)15-17-35(44)29-22-25-12-13-27(42)32(46-33)31(25)34(33,35)18-20-41(29)19-16-23-7-4-3-5-8-23/h3-14,21,28-29,42,44H,15-20,22H2,1-2H3/b14-11+/t28?,29-,33?,34+,35-/m1/s1. The number of phenols is 1. The Balaban J connectivity index is 1.20. The maximum atomic E-state index is 13.6. The van der Waals surface area contributed by atoms with Gasteiger partial charge in [0.15, 0.2) is 11.5 Å². The smallest absolute Gasteiger partial charge is 0.504 e. The van der Waals surface area contributed by atoms with Crippen molar-refractivity contribution in [2.24, 2.45) is 0 Å². The van der Waals surface area contributed by atoms with Crippen LogP contribution in [0.2, 0.25) is 0 Å². The minimum Gasteiger partial charge on any atom is -0.504 e. The maximum Gasteiger partial charge on any atom is 0.573 e. The molecule has 46 heavy (non-hydrogen) atoms. The number of carbonyl (C=O) groups excluding carboxylic acids is 1. The van der Waals surface area contributed by atoms with E-state index in [0.29, 0.717) is 37.0 Å². The average Bonchev–Trinajstić information content (AvgIpc) is 3.29. The van der Waals surface area contributed by atoms with Crippen molar-refractivity contribution < 1.29 is 37.7 Å². The van der Waals surface area contributed by atoms with Gasteiger partial charge >= 0.3 is 6.36 Å². The summed E-state index contributed by atoms with van der Waals surface area (Å²) in [5.74, 6) is -0.320. The zero-order valence-electron chi connectivity index (χ0n) is 25.8. The van der Waals surface area contributed by atoms with Crippen LogP contribution in [0.15, 0.2) is 72.8 Å². The van der Waals surface area contributed by atoms with E-state index in [1.807, 2.05) is 31.2 Å². The Bertz CT molecular complexity index is 1700. The SMILES string of the molecule is CN(C(=O)/C=C/c1cccc(OC(F)(F)F)c1)C1CC[C@@]2(O)[C@H]3Cc4ccc(O)c5c4[C@@]2(CCN3CCc2ccccc2)C1(C)O5. The van der Waals surface area contributed by atoms with Gasteiger partial charge in [0.1, 0.15) is 11.4 Å². The summed E-state index contributed by atoms with van der Waals surface area (Å²) >= 11 is 0. The summed E-state index contributed by atoms with van der Waals surface area (Å²) in [6, 6.07) is 18.7. The Morgan fingerprint density at radius 1 is 1.13 bits per heavy atom. The second-order valence-corrected chi connectivity index (χ2v) is 13.2. The molecule has 0 aromatic heterocycles. The molecule has 3 aromatic carbocycles. The zero-order valence-corrected chi connectivity index (χ0v) is 25.8. The second kappa shape index (κ2) is 10.8. The van der Waals surface area contributed by atoms with Crippen LogP contribution in [0.5, 0.6) is 17.2 Å². The van der Waals surface area contributed by atoms with Crippen LogP contribution < -0.4 is 9.47 Å². The summed E-state index contributed by atoms with van der Waals surface area (Å²) in [6.07, 6.45) is 0.957. The van der Waals surface area contributed by atoms with E-state index >= 15 is 0 Å². The summed E-state index contributed by atoms with van der Waals surface area (Å²) in [7, 11) is 1.69. The first-order valence-corrected chi connectivity index (χ1v) is 15.7. The van der Waals surface area contributed by atoms with E-state index in [4.69, 9.17) is 4.74 Å². The monoisotopic (exact) mass is 634 g/mol.